The van der Waals surface area contributed by atoms with Crippen molar-refractivity contribution in [2.24, 2.45) is 17.8 Å². The molecule has 0 heterocycles. The minimum atomic E-state index is -0.908. The molecule has 5 atom stereocenters. The monoisotopic (exact) mass is 778 g/mol. The summed E-state index contributed by atoms with van der Waals surface area (Å²) in [6, 6.07) is 29.2. The quantitative estimate of drug-likeness (QED) is 0.0727. The number of nitrogens with one attached hydrogen (secondary N) is 4. The zero-order valence-electron chi connectivity index (χ0n) is 34.0. The second-order valence-electron chi connectivity index (χ2n) is 15.3. The van der Waals surface area contributed by atoms with Crippen LogP contribution in [0.5, 0.6) is 5.75 Å². The van der Waals surface area contributed by atoms with Gasteiger partial charge in [0, 0.05) is 12.5 Å². The lowest BCUT2D eigenvalue weighted by Crippen LogP contribution is -2.55. The highest BCUT2D eigenvalue weighted by Gasteiger charge is 2.33. The molecule has 0 aliphatic carbocycles. The van der Waals surface area contributed by atoms with Crippen LogP contribution in [-0.4, -0.2) is 60.4 Å². The Morgan fingerprint density at radius 2 is 1.18 bits per heavy atom. The number of hydrogen-bond donors (Lipinski definition) is 4. The van der Waals surface area contributed by atoms with Crippen molar-refractivity contribution in [1.29, 1.82) is 0 Å². The Hall–Kier alpha value is -5.71. The Morgan fingerprint density at radius 3 is 1.81 bits per heavy atom. The van der Waals surface area contributed by atoms with E-state index in [0.717, 1.165) is 21.9 Å². The van der Waals surface area contributed by atoms with Crippen molar-refractivity contribution in [2.45, 2.75) is 98.0 Å². The summed E-state index contributed by atoms with van der Waals surface area (Å²) < 4.78 is 11.3. The normalized spacial score (nSPS) is 13.8. The van der Waals surface area contributed by atoms with Gasteiger partial charge in [0.15, 0.2) is 6.61 Å². The number of esters is 1. The molecule has 0 saturated heterocycles. The van der Waals surface area contributed by atoms with Gasteiger partial charge in [0.25, 0.3) is 5.91 Å². The van der Waals surface area contributed by atoms with E-state index in [1.54, 1.807) is 6.07 Å². The highest BCUT2D eigenvalue weighted by molar-refractivity contribution is 5.91. The summed E-state index contributed by atoms with van der Waals surface area (Å²) in [5.74, 6) is -2.38. The smallest absolute Gasteiger partial charge is 0.329 e. The number of ether oxygens (including phenoxy) is 2. The number of amides is 4. The van der Waals surface area contributed by atoms with Crippen LogP contribution in [0.25, 0.3) is 10.8 Å². The molecule has 0 saturated carbocycles. The predicted molar refractivity (Wildman–Crippen MR) is 222 cm³/mol. The fourth-order valence-electron chi connectivity index (χ4n) is 6.38. The van der Waals surface area contributed by atoms with E-state index in [9.17, 15) is 24.0 Å². The van der Waals surface area contributed by atoms with E-state index in [1.165, 1.54) is 0 Å². The minimum Gasteiger partial charge on any atom is -0.484 e. The first kappa shape index (κ1) is 44.0. The fraction of sp³-hybridized carbons (Fsp3) is 0.413. The number of benzene rings is 4. The first-order valence-corrected chi connectivity index (χ1v) is 19.9. The molecular formula is C46H58N4O7. The minimum absolute atomic E-state index is 0.0169. The van der Waals surface area contributed by atoms with Gasteiger partial charge < -0.3 is 30.7 Å². The van der Waals surface area contributed by atoms with Crippen molar-refractivity contribution in [3.8, 4) is 5.75 Å². The number of fused-ring (bicyclic) bond motifs is 1. The molecule has 0 fully saturated rings. The van der Waals surface area contributed by atoms with Gasteiger partial charge in [0.1, 0.15) is 30.5 Å². The molecule has 4 N–H and O–H groups in total. The average molecular weight is 779 g/mol. The third-order valence-corrected chi connectivity index (χ3v) is 10.0. The van der Waals surface area contributed by atoms with Crippen molar-refractivity contribution >= 4 is 40.4 Å². The van der Waals surface area contributed by atoms with Crippen LogP contribution in [0.15, 0.2) is 103 Å². The third kappa shape index (κ3) is 14.1. The zero-order valence-corrected chi connectivity index (χ0v) is 34.0. The predicted octanol–water partition coefficient (Wildman–Crippen LogP) is 6.28. The molecule has 4 amide bonds. The standard InChI is InChI=1S/C46H58N4O7/c1-7-32(6)43(45(54)50-42(31(4)5)46(55)57-28-34-18-12-9-13-19-34)48-39(51)25-23-37(26-33-16-10-8-11-17-33)47-44(53)41(30(2)3)49-40(52)29-56-38-24-22-35-20-14-15-21-36(35)27-38/h8-22,24,27,30-32,37,41-43H,7,23,25-26,28-29H2,1-6H3,(H,47,53)(H,48,51)(H,49,52)(H,50,54)/t32-,37+,41?,42?,43-/m0/s1. The van der Waals surface area contributed by atoms with Gasteiger partial charge in [0.05, 0.1) is 0 Å². The van der Waals surface area contributed by atoms with Gasteiger partial charge in [-0.25, -0.2) is 4.79 Å². The van der Waals surface area contributed by atoms with Crippen molar-refractivity contribution in [3.05, 3.63) is 114 Å². The van der Waals surface area contributed by atoms with Crippen LogP contribution in [0.2, 0.25) is 0 Å². The Kier molecular flexibility index (Phi) is 17.1. The second kappa shape index (κ2) is 22.1. The van der Waals surface area contributed by atoms with Crippen LogP contribution in [0.3, 0.4) is 0 Å². The van der Waals surface area contributed by atoms with E-state index in [4.69, 9.17) is 9.47 Å². The number of carbonyl (C=O) groups excluding carboxylic acids is 5. The summed E-state index contributed by atoms with van der Waals surface area (Å²) in [5, 5.41) is 13.7. The maximum Gasteiger partial charge on any atom is 0.329 e. The van der Waals surface area contributed by atoms with Gasteiger partial charge >= 0.3 is 5.97 Å². The zero-order chi connectivity index (χ0) is 41.3. The van der Waals surface area contributed by atoms with E-state index in [2.05, 4.69) is 21.3 Å². The molecule has 0 spiro atoms. The number of carbonyl (C=O) groups is 5. The lowest BCUT2D eigenvalue weighted by molar-refractivity contribution is -0.150. The van der Waals surface area contributed by atoms with Gasteiger partial charge in [0.2, 0.25) is 17.7 Å². The van der Waals surface area contributed by atoms with E-state index in [1.807, 2.05) is 139 Å². The van der Waals surface area contributed by atoms with E-state index in [0.29, 0.717) is 18.6 Å². The first-order valence-electron chi connectivity index (χ1n) is 19.9. The summed E-state index contributed by atoms with van der Waals surface area (Å²) >= 11 is 0. The fourth-order valence-corrected chi connectivity index (χ4v) is 6.38. The molecule has 57 heavy (non-hydrogen) atoms. The molecule has 11 nitrogen and oxygen atoms in total. The van der Waals surface area contributed by atoms with E-state index in [-0.39, 0.29) is 55.6 Å². The Morgan fingerprint density at radius 1 is 0.596 bits per heavy atom. The van der Waals surface area contributed by atoms with Crippen molar-refractivity contribution in [2.75, 3.05) is 6.61 Å². The molecule has 2 unspecified atom stereocenters. The van der Waals surface area contributed by atoms with Gasteiger partial charge in [-0.3, -0.25) is 19.2 Å². The van der Waals surface area contributed by atoms with Crippen molar-refractivity contribution in [3.63, 3.8) is 0 Å². The Labute approximate surface area is 336 Å². The largest absolute Gasteiger partial charge is 0.484 e. The van der Waals surface area contributed by atoms with E-state index >= 15 is 0 Å². The third-order valence-electron chi connectivity index (χ3n) is 10.0. The van der Waals surface area contributed by atoms with Gasteiger partial charge in [-0.15, -0.1) is 0 Å². The summed E-state index contributed by atoms with van der Waals surface area (Å²) in [4.78, 5) is 67.1. The lowest BCUT2D eigenvalue weighted by Gasteiger charge is -2.28. The van der Waals surface area contributed by atoms with Crippen LogP contribution < -0.4 is 26.0 Å². The van der Waals surface area contributed by atoms with Crippen LogP contribution >= 0.6 is 0 Å². The molecule has 0 aromatic heterocycles. The summed E-state index contributed by atoms with van der Waals surface area (Å²) in [5.41, 5.74) is 1.80. The molecule has 11 heteroatoms. The van der Waals surface area contributed by atoms with Gasteiger partial charge in [-0.1, -0.05) is 139 Å². The van der Waals surface area contributed by atoms with Gasteiger partial charge in [-0.05, 0) is 64.6 Å². The average Bonchev–Trinajstić information content (AvgIpc) is 3.21. The number of hydrogen-bond acceptors (Lipinski definition) is 7. The molecule has 4 aromatic rings. The first-order chi connectivity index (χ1) is 27.3. The highest BCUT2D eigenvalue weighted by atomic mass is 16.5. The topological polar surface area (TPSA) is 152 Å². The maximum atomic E-state index is 13.8. The van der Waals surface area contributed by atoms with Crippen LogP contribution in [0.1, 0.15) is 71.9 Å². The summed E-state index contributed by atoms with van der Waals surface area (Å²) in [6.45, 7) is 11.0. The Balaban J connectivity index is 1.37. The highest BCUT2D eigenvalue weighted by Crippen LogP contribution is 2.21. The molecule has 0 bridgehead atoms. The SMILES string of the molecule is CC[C@H](C)[C@H](NC(=O)CC[C@H](Cc1ccccc1)NC(=O)C(NC(=O)COc1ccc2ccccc2c1)C(C)C)C(=O)NC(C(=O)OCc1ccccc1)C(C)C. The van der Waals surface area contributed by atoms with Crippen LogP contribution in [0.4, 0.5) is 0 Å². The second-order valence-corrected chi connectivity index (χ2v) is 15.3. The van der Waals surface area contributed by atoms with Crippen molar-refractivity contribution in [1.82, 2.24) is 21.3 Å². The molecule has 0 radical (unpaired) electrons. The van der Waals surface area contributed by atoms with Crippen LogP contribution in [0, 0.1) is 17.8 Å². The van der Waals surface area contributed by atoms with Gasteiger partial charge in [-0.2, -0.15) is 0 Å². The maximum absolute atomic E-state index is 13.8. The number of rotatable bonds is 21. The lowest BCUT2D eigenvalue weighted by atomic mass is 9.96. The molecule has 4 aromatic carbocycles. The summed E-state index contributed by atoms with van der Waals surface area (Å²) in [7, 11) is 0. The molecular weight excluding hydrogens is 721 g/mol. The molecule has 4 rings (SSSR count). The summed E-state index contributed by atoms with van der Waals surface area (Å²) in [6.07, 6.45) is 1.33. The molecule has 304 valence electrons. The Bertz CT molecular complexity index is 1920. The van der Waals surface area contributed by atoms with Crippen LogP contribution in [-0.2, 0) is 41.7 Å². The van der Waals surface area contributed by atoms with Crippen molar-refractivity contribution < 1.29 is 33.4 Å². The molecule has 0 aliphatic rings. The van der Waals surface area contributed by atoms with E-state index < -0.39 is 42.0 Å². The molecule has 0 aliphatic heterocycles.